The maximum absolute atomic E-state index is 12.8. The molecule has 2 aromatic heterocycles. The summed E-state index contributed by atoms with van der Waals surface area (Å²) in [6.45, 7) is 4.39. The molecule has 0 aliphatic carbocycles. The first-order valence-electron chi connectivity index (χ1n) is 8.81. The number of rotatable bonds is 3. The van der Waals surface area contributed by atoms with Crippen LogP contribution >= 0.6 is 0 Å². The molecule has 1 aliphatic heterocycles. The van der Waals surface area contributed by atoms with E-state index in [-0.39, 0.29) is 17.7 Å². The van der Waals surface area contributed by atoms with Crippen LogP contribution in [0, 0.1) is 6.92 Å². The van der Waals surface area contributed by atoms with Gasteiger partial charge in [0.05, 0.1) is 12.7 Å². The third-order valence-electron chi connectivity index (χ3n) is 4.52. The first-order valence-corrected chi connectivity index (χ1v) is 8.81. The number of carbonyl (C=O) groups is 2. The first kappa shape index (κ1) is 18.6. The number of amides is 1. The van der Waals surface area contributed by atoms with Crippen LogP contribution in [0.25, 0.3) is 0 Å². The lowest BCUT2D eigenvalue weighted by Gasteiger charge is -2.22. The smallest absolute Gasteiger partial charge is 0.409 e. The van der Waals surface area contributed by atoms with Crippen molar-refractivity contribution in [3.05, 3.63) is 47.3 Å². The molecule has 3 heterocycles. The van der Waals surface area contributed by atoms with Crippen LogP contribution in [0.4, 0.5) is 16.4 Å². The fourth-order valence-electron chi connectivity index (χ4n) is 3.08. The predicted octanol–water partition coefficient (Wildman–Crippen LogP) is 1.88. The van der Waals surface area contributed by atoms with Gasteiger partial charge in [-0.1, -0.05) is 6.07 Å². The predicted molar refractivity (Wildman–Crippen MR) is 102 cm³/mol. The van der Waals surface area contributed by atoms with E-state index >= 15 is 0 Å². The van der Waals surface area contributed by atoms with Crippen LogP contribution < -0.4 is 10.6 Å². The highest BCUT2D eigenvalue weighted by molar-refractivity contribution is 6.10. The van der Waals surface area contributed by atoms with Crippen LogP contribution in [0.5, 0.6) is 0 Å². The van der Waals surface area contributed by atoms with E-state index in [2.05, 4.69) is 14.9 Å². The summed E-state index contributed by atoms with van der Waals surface area (Å²) in [6.07, 6.45) is 2.10. The van der Waals surface area contributed by atoms with E-state index in [1.54, 1.807) is 29.3 Å². The average molecular weight is 369 g/mol. The highest BCUT2D eigenvalue weighted by Crippen LogP contribution is 2.19. The quantitative estimate of drug-likeness (QED) is 0.824. The van der Waals surface area contributed by atoms with Gasteiger partial charge in [0, 0.05) is 32.4 Å². The molecule has 8 nitrogen and oxygen atoms in total. The van der Waals surface area contributed by atoms with Crippen LogP contribution in [0.15, 0.2) is 30.5 Å². The number of nitrogens with two attached hydrogens (primary N) is 1. The van der Waals surface area contributed by atoms with Gasteiger partial charge < -0.3 is 20.3 Å². The van der Waals surface area contributed by atoms with Crippen LogP contribution in [0.1, 0.15) is 28.0 Å². The number of ketones is 1. The lowest BCUT2D eigenvalue weighted by atomic mass is 10.1. The van der Waals surface area contributed by atoms with Crippen molar-refractivity contribution in [2.24, 2.45) is 0 Å². The number of nitrogen functional groups attached to an aromatic ring is 1. The topological polar surface area (TPSA) is 102 Å². The van der Waals surface area contributed by atoms with Crippen molar-refractivity contribution in [3.63, 3.8) is 0 Å². The number of carbonyl (C=O) groups excluding carboxylic acids is 2. The van der Waals surface area contributed by atoms with Gasteiger partial charge in [-0.15, -0.1) is 0 Å². The normalized spacial score (nSPS) is 14.6. The number of anilines is 2. The van der Waals surface area contributed by atoms with E-state index in [4.69, 9.17) is 10.5 Å². The number of pyridine rings is 2. The SMILES string of the molecule is COC(=O)N1CCCN(c2cccc(C(=O)c3cc(C)cnc3N)n2)CC1. The van der Waals surface area contributed by atoms with Gasteiger partial charge >= 0.3 is 6.09 Å². The number of aromatic nitrogens is 2. The molecule has 3 rings (SSSR count). The molecule has 1 amide bonds. The van der Waals surface area contributed by atoms with E-state index < -0.39 is 0 Å². The van der Waals surface area contributed by atoms with Gasteiger partial charge in [-0.3, -0.25) is 4.79 Å². The molecule has 2 aromatic rings. The summed E-state index contributed by atoms with van der Waals surface area (Å²) < 4.78 is 4.80. The Balaban J connectivity index is 1.80. The Morgan fingerprint density at radius 1 is 1.19 bits per heavy atom. The molecule has 0 spiro atoms. The van der Waals surface area contributed by atoms with Crippen LogP contribution in [-0.2, 0) is 4.74 Å². The standard InChI is InChI=1S/C19H23N5O3/c1-13-11-14(18(20)21-12-13)17(25)15-5-3-6-16(22-15)23-7-4-8-24(10-9-23)19(26)27-2/h3,5-6,11-12H,4,7-10H2,1-2H3,(H2,20,21). The van der Waals surface area contributed by atoms with Gasteiger partial charge in [-0.2, -0.15) is 0 Å². The number of ether oxygens (including phenoxy) is 1. The van der Waals surface area contributed by atoms with E-state index in [1.165, 1.54) is 7.11 Å². The van der Waals surface area contributed by atoms with Crippen molar-refractivity contribution in [2.75, 3.05) is 43.9 Å². The second kappa shape index (κ2) is 8.03. The lowest BCUT2D eigenvalue weighted by molar-refractivity contribution is 0.103. The zero-order valence-corrected chi connectivity index (χ0v) is 15.5. The molecule has 8 heteroatoms. The highest BCUT2D eigenvalue weighted by Gasteiger charge is 2.21. The van der Waals surface area contributed by atoms with Crippen molar-refractivity contribution in [1.29, 1.82) is 0 Å². The Morgan fingerprint density at radius 2 is 2.00 bits per heavy atom. The first-order chi connectivity index (χ1) is 13.0. The molecule has 0 bridgehead atoms. The summed E-state index contributed by atoms with van der Waals surface area (Å²) in [5.41, 5.74) is 7.40. The van der Waals surface area contributed by atoms with Gasteiger partial charge in [-0.25, -0.2) is 14.8 Å². The van der Waals surface area contributed by atoms with Gasteiger partial charge in [-0.05, 0) is 37.1 Å². The average Bonchev–Trinajstić information content (AvgIpc) is 2.95. The fraction of sp³-hybridized carbons (Fsp3) is 0.368. The Bertz CT molecular complexity index is 855. The van der Waals surface area contributed by atoms with Gasteiger partial charge in [0.1, 0.15) is 17.3 Å². The molecule has 1 fully saturated rings. The number of hydrogen-bond donors (Lipinski definition) is 1. The van der Waals surface area contributed by atoms with Crippen molar-refractivity contribution in [2.45, 2.75) is 13.3 Å². The molecule has 142 valence electrons. The Labute approximate surface area is 158 Å². The van der Waals surface area contributed by atoms with Gasteiger partial charge in [0.2, 0.25) is 5.78 Å². The molecule has 0 atom stereocenters. The zero-order valence-electron chi connectivity index (χ0n) is 15.5. The summed E-state index contributed by atoms with van der Waals surface area (Å²) in [5, 5.41) is 0. The minimum Gasteiger partial charge on any atom is -0.453 e. The molecule has 0 unspecified atom stereocenters. The summed E-state index contributed by atoms with van der Waals surface area (Å²) in [7, 11) is 1.38. The van der Waals surface area contributed by atoms with Crippen LogP contribution in [0.2, 0.25) is 0 Å². The van der Waals surface area contributed by atoms with Crippen LogP contribution in [-0.4, -0.2) is 60.0 Å². The second-order valence-corrected chi connectivity index (χ2v) is 6.45. The van der Waals surface area contributed by atoms with Gasteiger partial charge in [0.25, 0.3) is 0 Å². The number of nitrogens with zero attached hydrogens (tertiary/aromatic N) is 4. The zero-order chi connectivity index (χ0) is 19.4. The van der Waals surface area contributed by atoms with Crippen LogP contribution in [0.3, 0.4) is 0 Å². The molecule has 1 aliphatic rings. The molecule has 27 heavy (non-hydrogen) atoms. The summed E-state index contributed by atoms with van der Waals surface area (Å²) in [6, 6.07) is 7.06. The van der Waals surface area contributed by atoms with Crippen molar-refractivity contribution < 1.29 is 14.3 Å². The number of hydrogen-bond acceptors (Lipinski definition) is 7. The molecule has 0 aromatic carbocycles. The minimum absolute atomic E-state index is 0.196. The van der Waals surface area contributed by atoms with Gasteiger partial charge in [0.15, 0.2) is 0 Å². The highest BCUT2D eigenvalue weighted by atomic mass is 16.5. The lowest BCUT2D eigenvalue weighted by Crippen LogP contribution is -2.35. The van der Waals surface area contributed by atoms with E-state index in [0.717, 1.165) is 18.5 Å². The fourth-order valence-corrected chi connectivity index (χ4v) is 3.08. The van der Waals surface area contributed by atoms with E-state index in [1.807, 2.05) is 13.0 Å². The monoisotopic (exact) mass is 369 g/mol. The summed E-state index contributed by atoms with van der Waals surface area (Å²) in [5.74, 6) is 0.643. The second-order valence-electron chi connectivity index (χ2n) is 6.45. The largest absolute Gasteiger partial charge is 0.453 e. The molecule has 2 N–H and O–H groups in total. The molecule has 0 saturated carbocycles. The summed E-state index contributed by atoms with van der Waals surface area (Å²) >= 11 is 0. The van der Waals surface area contributed by atoms with E-state index in [0.29, 0.717) is 36.7 Å². The minimum atomic E-state index is -0.323. The molecular weight excluding hydrogens is 346 g/mol. The Morgan fingerprint density at radius 3 is 2.78 bits per heavy atom. The number of methoxy groups -OCH3 is 1. The third kappa shape index (κ3) is 4.16. The third-order valence-corrected chi connectivity index (χ3v) is 4.52. The Kier molecular flexibility index (Phi) is 5.54. The van der Waals surface area contributed by atoms with Crippen molar-refractivity contribution in [3.8, 4) is 0 Å². The van der Waals surface area contributed by atoms with Crippen molar-refractivity contribution in [1.82, 2.24) is 14.9 Å². The maximum atomic E-state index is 12.8. The number of aryl methyl sites for hydroxylation is 1. The Hall–Kier alpha value is -3.16. The van der Waals surface area contributed by atoms with Crippen molar-refractivity contribution >= 4 is 23.5 Å². The summed E-state index contributed by atoms with van der Waals surface area (Å²) in [4.78, 5) is 36.9. The maximum Gasteiger partial charge on any atom is 0.409 e. The molecule has 0 radical (unpaired) electrons. The van der Waals surface area contributed by atoms with E-state index in [9.17, 15) is 9.59 Å². The molecule has 1 saturated heterocycles. The molecular formula is C19H23N5O3.